The van der Waals surface area contributed by atoms with E-state index in [1.807, 2.05) is 10.8 Å². The maximum Gasteiger partial charge on any atom is 0.317 e. The Morgan fingerprint density at radius 2 is 2.20 bits per heavy atom. The number of carbonyl (C=O) groups excluding carboxylic acids is 1. The molecule has 1 aliphatic heterocycles. The van der Waals surface area contributed by atoms with Gasteiger partial charge < -0.3 is 14.8 Å². The second-order valence-corrected chi connectivity index (χ2v) is 6.52. The van der Waals surface area contributed by atoms with Crippen molar-refractivity contribution in [2.45, 2.75) is 25.8 Å². The summed E-state index contributed by atoms with van der Waals surface area (Å²) in [7, 11) is 0. The third-order valence-electron chi connectivity index (χ3n) is 4.79. The number of imidazole rings is 1. The summed E-state index contributed by atoms with van der Waals surface area (Å²) in [6.07, 6.45) is 6.84. The minimum Gasteiger partial charge on any atom is -0.338 e. The van der Waals surface area contributed by atoms with Crippen LogP contribution >= 0.6 is 0 Å². The Hall–Kier alpha value is -2.44. The van der Waals surface area contributed by atoms with Gasteiger partial charge in [0.25, 0.3) is 0 Å². The standard InChI is InChI=1S/C18H22F2N4O/c1-13-5-8-23(11-17(13)24-9-7-21-12-24)18(25)22-6-4-14-2-3-15(19)16(20)10-14/h2-3,7,9-10,12-13,17H,4-6,8,11H2,1H3,(H,22,25)/t13-,17+/m1/s1. The second-order valence-electron chi connectivity index (χ2n) is 6.52. The van der Waals surface area contributed by atoms with Gasteiger partial charge in [0.15, 0.2) is 11.6 Å². The summed E-state index contributed by atoms with van der Waals surface area (Å²) < 4.78 is 28.2. The molecule has 1 aliphatic rings. The van der Waals surface area contributed by atoms with E-state index in [1.165, 1.54) is 12.1 Å². The highest BCUT2D eigenvalue weighted by atomic mass is 19.2. The van der Waals surface area contributed by atoms with Crippen molar-refractivity contribution in [1.29, 1.82) is 0 Å². The molecule has 5 nitrogen and oxygen atoms in total. The Kier molecular flexibility index (Phi) is 5.31. The zero-order valence-electron chi connectivity index (χ0n) is 14.2. The molecule has 2 aromatic rings. The summed E-state index contributed by atoms with van der Waals surface area (Å²) in [5.41, 5.74) is 0.655. The molecule has 2 atom stereocenters. The fourth-order valence-corrected chi connectivity index (χ4v) is 3.21. The number of carbonyl (C=O) groups is 1. The Balaban J connectivity index is 1.51. The lowest BCUT2D eigenvalue weighted by atomic mass is 9.93. The molecule has 2 amide bonds. The van der Waals surface area contributed by atoms with Crippen molar-refractivity contribution < 1.29 is 13.6 Å². The average molecular weight is 348 g/mol. The minimum absolute atomic E-state index is 0.125. The van der Waals surface area contributed by atoms with E-state index in [0.29, 0.717) is 37.5 Å². The number of piperidine rings is 1. The molecular weight excluding hydrogens is 326 g/mol. The number of nitrogens with zero attached hydrogens (tertiary/aromatic N) is 3. The van der Waals surface area contributed by atoms with Gasteiger partial charge in [-0.3, -0.25) is 0 Å². The molecule has 0 saturated carbocycles. The van der Waals surface area contributed by atoms with Crippen LogP contribution in [0.4, 0.5) is 13.6 Å². The maximum absolute atomic E-state index is 13.2. The van der Waals surface area contributed by atoms with Crippen molar-refractivity contribution in [3.63, 3.8) is 0 Å². The third kappa shape index (κ3) is 4.15. The van der Waals surface area contributed by atoms with Crippen molar-refractivity contribution in [3.05, 3.63) is 54.1 Å². The first kappa shape index (κ1) is 17.4. The molecule has 1 saturated heterocycles. The van der Waals surface area contributed by atoms with E-state index in [2.05, 4.69) is 17.2 Å². The van der Waals surface area contributed by atoms with Crippen LogP contribution in [0.25, 0.3) is 0 Å². The lowest BCUT2D eigenvalue weighted by Crippen LogP contribution is -2.48. The molecule has 0 aliphatic carbocycles. The Bertz CT molecular complexity index is 720. The van der Waals surface area contributed by atoms with Gasteiger partial charge in [-0.05, 0) is 36.5 Å². The van der Waals surface area contributed by atoms with Gasteiger partial charge in [0, 0.05) is 32.0 Å². The first-order valence-corrected chi connectivity index (χ1v) is 8.48. The van der Waals surface area contributed by atoms with Crippen molar-refractivity contribution in [3.8, 4) is 0 Å². The third-order valence-corrected chi connectivity index (χ3v) is 4.79. The molecular formula is C18H22F2N4O. The van der Waals surface area contributed by atoms with Crippen LogP contribution in [0.1, 0.15) is 24.9 Å². The monoisotopic (exact) mass is 348 g/mol. The Morgan fingerprint density at radius 1 is 1.36 bits per heavy atom. The minimum atomic E-state index is -0.864. The van der Waals surface area contributed by atoms with Crippen LogP contribution in [0, 0.1) is 17.6 Å². The maximum atomic E-state index is 13.2. The predicted octanol–water partition coefficient (Wildman–Crippen LogP) is 3.00. The topological polar surface area (TPSA) is 50.2 Å². The van der Waals surface area contributed by atoms with Crippen LogP contribution in [0.15, 0.2) is 36.9 Å². The van der Waals surface area contributed by atoms with Gasteiger partial charge in [-0.25, -0.2) is 18.6 Å². The van der Waals surface area contributed by atoms with E-state index in [0.717, 1.165) is 12.5 Å². The van der Waals surface area contributed by atoms with Crippen molar-refractivity contribution in [2.75, 3.05) is 19.6 Å². The molecule has 1 aromatic heterocycles. The number of hydrogen-bond acceptors (Lipinski definition) is 2. The summed E-state index contributed by atoms with van der Waals surface area (Å²) in [6, 6.07) is 3.89. The van der Waals surface area contributed by atoms with E-state index >= 15 is 0 Å². The summed E-state index contributed by atoms with van der Waals surface area (Å²) in [5, 5.41) is 2.86. The van der Waals surface area contributed by atoms with Gasteiger partial charge in [-0.2, -0.15) is 0 Å². The lowest BCUT2D eigenvalue weighted by molar-refractivity contribution is 0.140. The summed E-state index contributed by atoms with van der Waals surface area (Å²) in [4.78, 5) is 18.3. The van der Waals surface area contributed by atoms with Crippen LogP contribution in [-0.2, 0) is 6.42 Å². The van der Waals surface area contributed by atoms with Crippen LogP contribution in [0.5, 0.6) is 0 Å². The number of urea groups is 1. The van der Waals surface area contributed by atoms with E-state index in [-0.39, 0.29) is 12.1 Å². The van der Waals surface area contributed by atoms with Gasteiger partial charge in [0.1, 0.15) is 0 Å². The fourth-order valence-electron chi connectivity index (χ4n) is 3.21. The number of halogens is 2. The molecule has 1 fully saturated rings. The Morgan fingerprint density at radius 3 is 2.92 bits per heavy atom. The van der Waals surface area contributed by atoms with Crippen LogP contribution in [-0.4, -0.2) is 40.1 Å². The van der Waals surface area contributed by atoms with E-state index in [4.69, 9.17) is 0 Å². The zero-order chi connectivity index (χ0) is 17.8. The number of rotatable bonds is 4. The number of amides is 2. The molecule has 0 bridgehead atoms. The number of hydrogen-bond donors (Lipinski definition) is 1. The molecule has 1 N–H and O–H groups in total. The number of benzene rings is 1. The van der Waals surface area contributed by atoms with Crippen molar-refractivity contribution >= 4 is 6.03 Å². The fraction of sp³-hybridized carbons (Fsp3) is 0.444. The van der Waals surface area contributed by atoms with E-state index in [1.54, 1.807) is 17.4 Å². The summed E-state index contributed by atoms with van der Waals surface area (Å²) in [5.74, 6) is -1.25. The lowest BCUT2D eigenvalue weighted by Gasteiger charge is -2.37. The normalized spacial score (nSPS) is 20.5. The first-order chi connectivity index (χ1) is 12.0. The van der Waals surface area contributed by atoms with Crippen LogP contribution in [0.2, 0.25) is 0 Å². The van der Waals surface area contributed by atoms with Gasteiger partial charge in [0.05, 0.1) is 12.4 Å². The molecule has 1 aromatic carbocycles. The number of likely N-dealkylation sites (tertiary alicyclic amines) is 1. The molecule has 3 rings (SSSR count). The highest BCUT2D eigenvalue weighted by molar-refractivity contribution is 5.74. The molecule has 0 spiro atoms. The SMILES string of the molecule is C[C@@H]1CCN(C(=O)NCCc2ccc(F)c(F)c2)C[C@@H]1n1ccnc1. The number of aromatic nitrogens is 2. The molecule has 0 unspecified atom stereocenters. The molecule has 0 radical (unpaired) electrons. The van der Waals surface area contributed by atoms with E-state index in [9.17, 15) is 13.6 Å². The summed E-state index contributed by atoms with van der Waals surface area (Å²) in [6.45, 7) is 3.91. The molecule has 25 heavy (non-hydrogen) atoms. The summed E-state index contributed by atoms with van der Waals surface area (Å²) >= 11 is 0. The average Bonchev–Trinajstić information content (AvgIpc) is 3.12. The van der Waals surface area contributed by atoms with Crippen LogP contribution < -0.4 is 5.32 Å². The highest BCUT2D eigenvalue weighted by Crippen LogP contribution is 2.27. The highest BCUT2D eigenvalue weighted by Gasteiger charge is 2.29. The smallest absolute Gasteiger partial charge is 0.317 e. The van der Waals surface area contributed by atoms with Crippen LogP contribution in [0.3, 0.4) is 0 Å². The molecule has 134 valence electrons. The van der Waals surface area contributed by atoms with Gasteiger partial charge in [-0.15, -0.1) is 0 Å². The second kappa shape index (κ2) is 7.63. The van der Waals surface area contributed by atoms with Gasteiger partial charge in [0.2, 0.25) is 0 Å². The van der Waals surface area contributed by atoms with Gasteiger partial charge in [-0.1, -0.05) is 13.0 Å². The first-order valence-electron chi connectivity index (χ1n) is 8.48. The number of nitrogens with one attached hydrogen (secondary N) is 1. The predicted molar refractivity (Wildman–Crippen MR) is 90.1 cm³/mol. The zero-order valence-corrected chi connectivity index (χ0v) is 14.2. The Labute approximate surface area is 145 Å². The quantitative estimate of drug-likeness (QED) is 0.923. The van der Waals surface area contributed by atoms with Crippen molar-refractivity contribution in [1.82, 2.24) is 19.8 Å². The molecule has 7 heteroatoms. The van der Waals surface area contributed by atoms with E-state index < -0.39 is 11.6 Å². The molecule has 2 heterocycles. The largest absolute Gasteiger partial charge is 0.338 e. The van der Waals surface area contributed by atoms with Crippen molar-refractivity contribution in [2.24, 2.45) is 5.92 Å². The van der Waals surface area contributed by atoms with Gasteiger partial charge >= 0.3 is 6.03 Å².